The van der Waals surface area contributed by atoms with Crippen LogP contribution in [0.1, 0.15) is 25.3 Å². The highest BCUT2D eigenvalue weighted by atomic mass is 32.2. The quantitative estimate of drug-likeness (QED) is 0.328. The summed E-state index contributed by atoms with van der Waals surface area (Å²) in [5, 5.41) is 14.4. The van der Waals surface area contributed by atoms with E-state index in [-0.39, 0.29) is 11.7 Å². The number of rotatable bonds is 11. The average Bonchev–Trinajstić information content (AvgIpc) is 3.25. The summed E-state index contributed by atoms with van der Waals surface area (Å²) in [6.45, 7) is 3.23. The monoisotopic (exact) mass is 467 g/mol. The van der Waals surface area contributed by atoms with Crippen LogP contribution in [0.2, 0.25) is 0 Å². The molecular weight excluding hydrogens is 438 g/mol. The highest BCUT2D eigenvalue weighted by Crippen LogP contribution is 2.26. The molecule has 9 heteroatoms. The number of imide groups is 1. The van der Waals surface area contributed by atoms with Crippen LogP contribution < -0.4 is 15.4 Å². The fraction of sp³-hybridized carbons (Fsp3) is 0.333. The van der Waals surface area contributed by atoms with Crippen molar-refractivity contribution in [3.05, 3.63) is 60.2 Å². The molecule has 0 aliphatic heterocycles. The van der Waals surface area contributed by atoms with Crippen molar-refractivity contribution >= 4 is 23.7 Å². The molecule has 0 saturated heterocycles. The number of nitrogens with zero attached hydrogens (tertiary/aromatic N) is 3. The molecular formula is C24H29N5O3S. The lowest BCUT2D eigenvalue weighted by Gasteiger charge is -2.11. The Bertz CT molecular complexity index is 1040. The number of unbranched alkanes of at least 4 members (excludes halogenated alkanes) is 1. The zero-order valence-corrected chi connectivity index (χ0v) is 19.7. The summed E-state index contributed by atoms with van der Waals surface area (Å²) in [5.74, 6) is 1.16. The van der Waals surface area contributed by atoms with Crippen molar-refractivity contribution in [3.8, 4) is 17.1 Å². The van der Waals surface area contributed by atoms with Gasteiger partial charge in [-0.2, -0.15) is 0 Å². The summed E-state index contributed by atoms with van der Waals surface area (Å²) in [6, 6.07) is 17.3. The molecule has 0 aliphatic rings. The molecule has 3 rings (SSSR count). The maximum Gasteiger partial charge on any atom is 0.321 e. The summed E-state index contributed by atoms with van der Waals surface area (Å²) in [7, 11) is 1.63. The third kappa shape index (κ3) is 7.35. The van der Waals surface area contributed by atoms with Gasteiger partial charge >= 0.3 is 6.03 Å². The van der Waals surface area contributed by atoms with Gasteiger partial charge in [0.2, 0.25) is 5.91 Å². The van der Waals surface area contributed by atoms with Crippen LogP contribution in [0.25, 0.3) is 11.4 Å². The minimum Gasteiger partial charge on any atom is -0.497 e. The number of ether oxygens (including phenoxy) is 1. The Morgan fingerprint density at radius 3 is 2.52 bits per heavy atom. The molecule has 1 heterocycles. The van der Waals surface area contributed by atoms with Gasteiger partial charge in [-0.25, -0.2) is 4.79 Å². The van der Waals surface area contributed by atoms with Crippen molar-refractivity contribution < 1.29 is 14.3 Å². The summed E-state index contributed by atoms with van der Waals surface area (Å²) in [4.78, 5) is 24.0. The summed E-state index contributed by atoms with van der Waals surface area (Å²) in [6.07, 6.45) is 2.63. The first-order chi connectivity index (χ1) is 16.1. The van der Waals surface area contributed by atoms with Crippen molar-refractivity contribution in [2.75, 3.05) is 19.4 Å². The number of urea groups is 1. The predicted octanol–water partition coefficient (Wildman–Crippen LogP) is 3.91. The van der Waals surface area contributed by atoms with Gasteiger partial charge in [-0.3, -0.25) is 10.1 Å². The first kappa shape index (κ1) is 24.3. The number of hydrogen-bond donors (Lipinski definition) is 2. The predicted molar refractivity (Wildman–Crippen MR) is 129 cm³/mol. The lowest BCUT2D eigenvalue weighted by Crippen LogP contribution is -2.40. The number of nitrogens with one attached hydrogen (secondary N) is 2. The Morgan fingerprint density at radius 2 is 1.82 bits per heavy atom. The van der Waals surface area contributed by atoms with Gasteiger partial charge in [0.1, 0.15) is 5.75 Å². The summed E-state index contributed by atoms with van der Waals surface area (Å²) >= 11 is 1.26. The van der Waals surface area contributed by atoms with Crippen LogP contribution in [-0.2, 0) is 17.8 Å². The Labute approximate surface area is 198 Å². The molecule has 2 N–H and O–H groups in total. The van der Waals surface area contributed by atoms with E-state index in [4.69, 9.17) is 4.74 Å². The Balaban J connectivity index is 1.71. The van der Waals surface area contributed by atoms with Gasteiger partial charge in [-0.1, -0.05) is 55.4 Å². The first-order valence-corrected chi connectivity index (χ1v) is 11.9. The van der Waals surface area contributed by atoms with Gasteiger partial charge in [0.05, 0.1) is 12.9 Å². The van der Waals surface area contributed by atoms with Crippen LogP contribution >= 0.6 is 11.8 Å². The Hall–Kier alpha value is -3.33. The van der Waals surface area contributed by atoms with Crippen LogP contribution in [0.3, 0.4) is 0 Å². The molecule has 1 aromatic heterocycles. The molecule has 3 aromatic rings. The third-order valence-electron chi connectivity index (χ3n) is 4.93. The first-order valence-electron chi connectivity index (χ1n) is 10.9. The van der Waals surface area contributed by atoms with Crippen LogP contribution in [-0.4, -0.2) is 46.1 Å². The number of amides is 3. The van der Waals surface area contributed by atoms with Crippen LogP contribution in [0.4, 0.5) is 4.79 Å². The average molecular weight is 468 g/mol. The largest absolute Gasteiger partial charge is 0.497 e. The second kappa shape index (κ2) is 12.6. The molecule has 0 unspecified atom stereocenters. The molecule has 3 amide bonds. The molecule has 0 radical (unpaired) electrons. The van der Waals surface area contributed by atoms with Crippen molar-refractivity contribution in [1.29, 1.82) is 0 Å². The summed E-state index contributed by atoms with van der Waals surface area (Å²) < 4.78 is 7.26. The highest BCUT2D eigenvalue weighted by molar-refractivity contribution is 7.99. The van der Waals surface area contributed by atoms with E-state index < -0.39 is 6.03 Å². The lowest BCUT2D eigenvalue weighted by molar-refractivity contribution is -0.117. The fourth-order valence-electron chi connectivity index (χ4n) is 3.15. The molecule has 8 nitrogen and oxygen atoms in total. The maximum absolute atomic E-state index is 12.2. The minimum atomic E-state index is -0.474. The molecule has 0 saturated carbocycles. The number of hydrogen-bond acceptors (Lipinski definition) is 6. The smallest absolute Gasteiger partial charge is 0.321 e. The van der Waals surface area contributed by atoms with E-state index in [2.05, 4.69) is 33.0 Å². The number of thioether (sulfide) groups is 1. The van der Waals surface area contributed by atoms with E-state index in [9.17, 15) is 9.59 Å². The second-order valence-corrected chi connectivity index (χ2v) is 8.31. The van der Waals surface area contributed by atoms with Crippen molar-refractivity contribution in [2.45, 2.75) is 37.9 Å². The highest BCUT2D eigenvalue weighted by Gasteiger charge is 2.17. The second-order valence-electron chi connectivity index (χ2n) is 7.37. The fourth-order valence-corrected chi connectivity index (χ4v) is 3.92. The molecule has 0 spiro atoms. The van der Waals surface area contributed by atoms with Crippen LogP contribution in [0, 0.1) is 0 Å². The summed E-state index contributed by atoms with van der Waals surface area (Å²) in [5.41, 5.74) is 2.10. The number of aromatic nitrogens is 3. The standard InChI is InChI=1S/C24H29N5O3S/c1-3-4-15-25-23(31)26-21(30)17-33-24-28-27-22(19-10-12-20(32-2)13-11-19)29(24)16-14-18-8-6-5-7-9-18/h5-13H,3-4,14-17H2,1-2H3,(H2,25,26,30,31). The van der Waals surface area contributed by atoms with Gasteiger partial charge in [0.25, 0.3) is 0 Å². The normalized spacial score (nSPS) is 10.6. The Kier molecular flexibility index (Phi) is 9.31. The van der Waals surface area contributed by atoms with E-state index >= 15 is 0 Å². The van der Waals surface area contributed by atoms with E-state index in [1.165, 1.54) is 17.3 Å². The van der Waals surface area contributed by atoms with Crippen LogP contribution in [0.5, 0.6) is 5.75 Å². The maximum atomic E-state index is 12.2. The molecule has 2 aromatic carbocycles. The topological polar surface area (TPSA) is 98.1 Å². The molecule has 0 aliphatic carbocycles. The number of carbonyl (C=O) groups is 2. The zero-order chi connectivity index (χ0) is 23.5. The van der Waals surface area contributed by atoms with Crippen molar-refractivity contribution in [3.63, 3.8) is 0 Å². The molecule has 174 valence electrons. The van der Waals surface area contributed by atoms with Gasteiger partial charge < -0.3 is 14.6 Å². The zero-order valence-electron chi connectivity index (χ0n) is 18.9. The lowest BCUT2D eigenvalue weighted by atomic mass is 10.1. The van der Waals surface area contributed by atoms with E-state index in [1.54, 1.807) is 7.11 Å². The van der Waals surface area contributed by atoms with Gasteiger partial charge in [0, 0.05) is 18.7 Å². The minimum absolute atomic E-state index is 0.0628. The molecule has 0 fully saturated rings. The molecule has 33 heavy (non-hydrogen) atoms. The van der Waals surface area contributed by atoms with E-state index in [0.29, 0.717) is 24.1 Å². The van der Waals surface area contributed by atoms with E-state index in [0.717, 1.165) is 30.6 Å². The molecule has 0 atom stereocenters. The van der Waals surface area contributed by atoms with Crippen molar-refractivity contribution in [1.82, 2.24) is 25.4 Å². The van der Waals surface area contributed by atoms with Gasteiger partial charge in [-0.15, -0.1) is 10.2 Å². The molecule has 0 bridgehead atoms. The van der Waals surface area contributed by atoms with Crippen molar-refractivity contribution in [2.24, 2.45) is 0 Å². The Morgan fingerprint density at radius 1 is 1.06 bits per heavy atom. The number of aryl methyl sites for hydroxylation is 1. The number of methoxy groups -OCH3 is 1. The SMILES string of the molecule is CCCCNC(=O)NC(=O)CSc1nnc(-c2ccc(OC)cc2)n1CCc1ccccc1. The van der Waals surface area contributed by atoms with Gasteiger partial charge in [0.15, 0.2) is 11.0 Å². The third-order valence-corrected chi connectivity index (χ3v) is 5.90. The number of benzene rings is 2. The van der Waals surface area contributed by atoms with E-state index in [1.807, 2.05) is 54.0 Å². The van der Waals surface area contributed by atoms with Gasteiger partial charge in [-0.05, 0) is 42.7 Å². The number of carbonyl (C=O) groups excluding carboxylic acids is 2. The van der Waals surface area contributed by atoms with Crippen LogP contribution in [0.15, 0.2) is 59.8 Å².